The van der Waals surface area contributed by atoms with Gasteiger partial charge in [0.1, 0.15) is 5.78 Å². The molecule has 1 unspecified atom stereocenters. The highest BCUT2D eigenvalue weighted by Crippen LogP contribution is 2.07. The molecule has 0 aliphatic carbocycles. The molecule has 0 aromatic heterocycles. The molecular weight excluding hydrogens is 194 g/mol. The molecule has 0 radical (unpaired) electrons. The molecule has 1 atom stereocenters. The first-order chi connectivity index (χ1) is 7.02. The largest absolute Gasteiger partial charge is 0.466 e. The number of Topliss-reactive ketones (excluding diaryl/α,β-unsaturated/α-hetero) is 1. The van der Waals surface area contributed by atoms with Crippen molar-refractivity contribution in [3.8, 4) is 0 Å². The van der Waals surface area contributed by atoms with Crippen molar-refractivity contribution in [2.45, 2.75) is 26.7 Å². The predicted molar refractivity (Wildman–Crippen MR) is 58.0 cm³/mol. The molecule has 4 nitrogen and oxygen atoms in total. The smallest absolute Gasteiger partial charge is 0.330 e. The van der Waals surface area contributed by atoms with Crippen LogP contribution in [0.4, 0.5) is 0 Å². The summed E-state index contributed by atoms with van der Waals surface area (Å²) in [6.45, 7) is 3.46. The first-order valence-corrected chi connectivity index (χ1v) is 4.86. The monoisotopic (exact) mass is 211 g/mol. The summed E-state index contributed by atoms with van der Waals surface area (Å²) in [7, 11) is 1.27. The normalized spacial score (nSPS) is 12.5. The Bertz CT molecular complexity index is 282. The van der Waals surface area contributed by atoms with Crippen molar-refractivity contribution in [1.82, 2.24) is 0 Å². The van der Waals surface area contributed by atoms with Crippen LogP contribution in [0.3, 0.4) is 0 Å². The molecule has 0 aromatic rings. The van der Waals surface area contributed by atoms with Crippen LogP contribution in [0.25, 0.3) is 0 Å². The van der Waals surface area contributed by atoms with Gasteiger partial charge in [-0.25, -0.2) is 4.79 Å². The summed E-state index contributed by atoms with van der Waals surface area (Å²) in [6.07, 6.45) is 3.78. The Balaban J connectivity index is 4.54. The highest BCUT2D eigenvalue weighted by atomic mass is 16.5. The van der Waals surface area contributed by atoms with Gasteiger partial charge in [-0.1, -0.05) is 13.0 Å². The summed E-state index contributed by atoms with van der Waals surface area (Å²) in [5, 5.41) is 7.44. The van der Waals surface area contributed by atoms with Gasteiger partial charge in [0.2, 0.25) is 0 Å². The quantitative estimate of drug-likeness (QED) is 0.413. The Kier molecular flexibility index (Phi) is 6.25. The lowest BCUT2D eigenvalue weighted by Gasteiger charge is -2.08. The molecule has 0 aromatic carbocycles. The fourth-order valence-corrected chi connectivity index (χ4v) is 1.14. The van der Waals surface area contributed by atoms with Crippen molar-refractivity contribution in [1.29, 1.82) is 5.41 Å². The fraction of sp³-hybridized carbons (Fsp3) is 0.545. The van der Waals surface area contributed by atoms with Crippen LogP contribution in [0.1, 0.15) is 26.7 Å². The van der Waals surface area contributed by atoms with E-state index in [1.54, 1.807) is 6.92 Å². The van der Waals surface area contributed by atoms with E-state index in [0.717, 1.165) is 6.42 Å². The van der Waals surface area contributed by atoms with Crippen molar-refractivity contribution in [2.24, 2.45) is 5.92 Å². The summed E-state index contributed by atoms with van der Waals surface area (Å²) in [4.78, 5) is 22.4. The Morgan fingerprint density at radius 2 is 2.07 bits per heavy atom. The number of hydrogen-bond acceptors (Lipinski definition) is 4. The van der Waals surface area contributed by atoms with E-state index in [9.17, 15) is 9.59 Å². The zero-order chi connectivity index (χ0) is 11.8. The SMILES string of the molecule is CCCC(=O)C(C=CC(=O)OC)C(C)=N. The first-order valence-electron chi connectivity index (χ1n) is 4.86. The number of allylic oxidation sites excluding steroid dienone is 1. The minimum atomic E-state index is -0.593. The standard InChI is InChI=1S/C11H17NO3/c1-4-5-10(13)9(8(2)12)6-7-11(14)15-3/h6-7,9,12H,4-5H2,1-3H3. The van der Waals surface area contributed by atoms with E-state index in [0.29, 0.717) is 6.42 Å². The molecule has 84 valence electrons. The molecule has 0 aliphatic heterocycles. The van der Waals surface area contributed by atoms with Gasteiger partial charge in [-0.05, 0) is 13.3 Å². The molecule has 0 rings (SSSR count). The number of carbonyl (C=O) groups is 2. The maximum Gasteiger partial charge on any atom is 0.330 e. The summed E-state index contributed by atoms with van der Waals surface area (Å²) >= 11 is 0. The van der Waals surface area contributed by atoms with E-state index in [1.807, 2.05) is 6.92 Å². The van der Waals surface area contributed by atoms with Gasteiger partial charge in [-0.15, -0.1) is 0 Å². The van der Waals surface area contributed by atoms with Crippen LogP contribution >= 0.6 is 0 Å². The highest BCUT2D eigenvalue weighted by Gasteiger charge is 2.16. The fourth-order valence-electron chi connectivity index (χ4n) is 1.14. The molecule has 4 heteroatoms. The number of rotatable bonds is 6. The van der Waals surface area contributed by atoms with Gasteiger partial charge in [-0.3, -0.25) is 4.79 Å². The van der Waals surface area contributed by atoms with Crippen LogP contribution < -0.4 is 0 Å². The second-order valence-corrected chi connectivity index (χ2v) is 3.26. The van der Waals surface area contributed by atoms with Crippen molar-refractivity contribution in [2.75, 3.05) is 7.11 Å². The van der Waals surface area contributed by atoms with Crippen molar-refractivity contribution in [3.05, 3.63) is 12.2 Å². The van der Waals surface area contributed by atoms with E-state index in [1.165, 1.54) is 19.3 Å². The molecule has 0 aliphatic rings. The van der Waals surface area contributed by atoms with Gasteiger partial charge in [0.15, 0.2) is 0 Å². The van der Waals surface area contributed by atoms with Crippen LogP contribution in [0, 0.1) is 11.3 Å². The lowest BCUT2D eigenvalue weighted by molar-refractivity contribution is -0.134. The molecule has 15 heavy (non-hydrogen) atoms. The van der Waals surface area contributed by atoms with Gasteiger partial charge in [0.05, 0.1) is 13.0 Å². The average molecular weight is 211 g/mol. The van der Waals surface area contributed by atoms with Crippen LogP contribution in [0.5, 0.6) is 0 Å². The van der Waals surface area contributed by atoms with Crippen molar-refractivity contribution >= 4 is 17.5 Å². The van der Waals surface area contributed by atoms with Crippen molar-refractivity contribution < 1.29 is 14.3 Å². The van der Waals surface area contributed by atoms with E-state index in [-0.39, 0.29) is 11.5 Å². The van der Waals surface area contributed by atoms with E-state index in [2.05, 4.69) is 4.74 Å². The Morgan fingerprint density at radius 1 is 1.47 bits per heavy atom. The van der Waals surface area contributed by atoms with Gasteiger partial charge >= 0.3 is 5.97 Å². The molecule has 0 spiro atoms. The number of hydrogen-bond donors (Lipinski definition) is 1. The molecule has 0 bridgehead atoms. The summed E-state index contributed by atoms with van der Waals surface area (Å²) in [6, 6.07) is 0. The van der Waals surface area contributed by atoms with Crippen LogP contribution in [0.15, 0.2) is 12.2 Å². The van der Waals surface area contributed by atoms with E-state index in [4.69, 9.17) is 5.41 Å². The zero-order valence-electron chi connectivity index (χ0n) is 9.37. The average Bonchev–Trinajstić information content (AvgIpc) is 2.17. The molecular formula is C11H17NO3. The molecule has 0 saturated heterocycles. The van der Waals surface area contributed by atoms with Gasteiger partial charge in [-0.2, -0.15) is 0 Å². The minimum Gasteiger partial charge on any atom is -0.466 e. The maximum absolute atomic E-state index is 11.5. The van der Waals surface area contributed by atoms with Crippen LogP contribution in [0.2, 0.25) is 0 Å². The number of carbonyl (C=O) groups excluding carboxylic acids is 2. The van der Waals surface area contributed by atoms with E-state index < -0.39 is 11.9 Å². The number of ketones is 1. The van der Waals surface area contributed by atoms with Crippen LogP contribution in [-0.4, -0.2) is 24.6 Å². The first kappa shape index (κ1) is 13.5. The Labute approximate surface area is 89.8 Å². The van der Waals surface area contributed by atoms with Gasteiger partial charge < -0.3 is 10.1 Å². The third-order valence-corrected chi connectivity index (χ3v) is 1.94. The molecule has 0 fully saturated rings. The lowest BCUT2D eigenvalue weighted by atomic mass is 9.95. The number of esters is 1. The second-order valence-electron chi connectivity index (χ2n) is 3.26. The van der Waals surface area contributed by atoms with E-state index >= 15 is 0 Å². The summed E-state index contributed by atoms with van der Waals surface area (Å²) < 4.78 is 4.41. The maximum atomic E-state index is 11.5. The molecule has 0 saturated carbocycles. The minimum absolute atomic E-state index is 0.0369. The van der Waals surface area contributed by atoms with Crippen LogP contribution in [-0.2, 0) is 14.3 Å². The number of ether oxygens (including phenoxy) is 1. The zero-order valence-corrected chi connectivity index (χ0v) is 9.37. The number of nitrogens with one attached hydrogen (secondary N) is 1. The third-order valence-electron chi connectivity index (χ3n) is 1.94. The third kappa shape index (κ3) is 5.10. The van der Waals surface area contributed by atoms with Crippen molar-refractivity contribution in [3.63, 3.8) is 0 Å². The van der Waals surface area contributed by atoms with Gasteiger partial charge in [0, 0.05) is 18.2 Å². The predicted octanol–water partition coefficient (Wildman–Crippen LogP) is 1.74. The Morgan fingerprint density at radius 3 is 2.47 bits per heavy atom. The summed E-state index contributed by atoms with van der Waals surface area (Å²) in [5.41, 5.74) is 0.244. The molecule has 0 heterocycles. The highest BCUT2D eigenvalue weighted by molar-refractivity contribution is 6.05. The van der Waals surface area contributed by atoms with Gasteiger partial charge in [0.25, 0.3) is 0 Å². The second kappa shape index (κ2) is 6.92. The summed E-state index contributed by atoms with van der Waals surface area (Å²) in [5.74, 6) is -1.14. The number of methoxy groups -OCH3 is 1. The molecule has 0 amide bonds. The topological polar surface area (TPSA) is 67.2 Å². The lowest BCUT2D eigenvalue weighted by Crippen LogP contribution is -2.19. The molecule has 1 N–H and O–H groups in total. The Hall–Kier alpha value is -1.45.